The Morgan fingerprint density at radius 1 is 0.548 bits per heavy atom. The second kappa shape index (κ2) is 15.1. The molecule has 0 fully saturated rings. The first-order chi connectivity index (χ1) is 20.5. The van der Waals surface area contributed by atoms with Gasteiger partial charge < -0.3 is 23.4 Å². The zero-order valence-corrected chi connectivity index (χ0v) is 24.1. The van der Waals surface area contributed by atoms with Gasteiger partial charge >= 0.3 is 20.3 Å². The van der Waals surface area contributed by atoms with Crippen molar-refractivity contribution in [2.24, 2.45) is 0 Å². The zero-order valence-electron chi connectivity index (χ0n) is 23.1. The summed E-state index contributed by atoms with van der Waals surface area (Å²) in [5.41, 5.74) is 0. The zero-order chi connectivity index (χ0) is 29.6. The summed E-state index contributed by atoms with van der Waals surface area (Å²) in [6, 6.07) is 35.8. The van der Waals surface area contributed by atoms with Crippen LogP contribution in [-0.2, 0) is 19.1 Å². The fourth-order valence-electron chi connectivity index (χ4n) is 4.36. The Morgan fingerprint density at radius 3 is 1.26 bits per heavy atom. The number of benzene rings is 4. The predicted octanol–water partition coefficient (Wildman–Crippen LogP) is 3.95. The van der Waals surface area contributed by atoms with Gasteiger partial charge in [0.2, 0.25) is 0 Å². The molecule has 0 aliphatic rings. The molecule has 7 nitrogen and oxygen atoms in total. The molecule has 4 rings (SSSR count). The molecule has 0 saturated heterocycles. The molecule has 0 aromatic heterocycles. The number of hydrogen-bond donors (Lipinski definition) is 0. The first-order valence-corrected chi connectivity index (χ1v) is 15.3. The minimum absolute atomic E-state index is 0.0420. The molecular formula is C34H32O7Si. The molecule has 0 unspecified atom stereocenters. The largest absolute Gasteiger partial charge is 0.530 e. The summed E-state index contributed by atoms with van der Waals surface area (Å²) in [5.74, 6) is 0.378. The standard InChI is InChI=1S/C34H32O7Si/c1-3-33(35)39-22-20-37-27-24-28(38-21-23-40-34(36)4-2)26-29(25-27)41-42(30-14-8-5-9-15-30,31-16-10-6-11-17-31)32-18-12-7-13-19-32/h3-19,24-26H,1-2,20-23H2. The molecule has 4 aromatic rings. The third kappa shape index (κ3) is 7.77. The molecule has 42 heavy (non-hydrogen) atoms. The molecule has 0 bridgehead atoms. The van der Waals surface area contributed by atoms with Gasteiger partial charge in [-0.15, -0.1) is 0 Å². The quantitative estimate of drug-likeness (QED) is 0.0693. The molecule has 214 valence electrons. The fourth-order valence-corrected chi connectivity index (χ4v) is 8.18. The number of rotatable bonds is 15. The van der Waals surface area contributed by atoms with Gasteiger partial charge in [0.05, 0.1) is 0 Å². The second-order valence-electron chi connectivity index (χ2n) is 8.96. The van der Waals surface area contributed by atoms with Crippen molar-refractivity contribution in [1.82, 2.24) is 0 Å². The minimum Gasteiger partial charge on any atom is -0.530 e. The summed E-state index contributed by atoms with van der Waals surface area (Å²) >= 11 is 0. The van der Waals surface area contributed by atoms with E-state index < -0.39 is 20.3 Å². The van der Waals surface area contributed by atoms with E-state index in [2.05, 4.69) is 49.6 Å². The van der Waals surface area contributed by atoms with Gasteiger partial charge in [0.1, 0.15) is 43.7 Å². The lowest BCUT2D eigenvalue weighted by molar-refractivity contribution is -0.139. The highest BCUT2D eigenvalue weighted by molar-refractivity contribution is 7.07. The lowest BCUT2D eigenvalue weighted by Gasteiger charge is -2.33. The molecule has 0 N–H and O–H groups in total. The summed E-state index contributed by atoms with van der Waals surface area (Å²) in [4.78, 5) is 22.9. The Balaban J connectivity index is 1.74. The average molecular weight is 581 g/mol. The van der Waals surface area contributed by atoms with Gasteiger partial charge in [-0.3, -0.25) is 0 Å². The molecule has 0 atom stereocenters. The predicted molar refractivity (Wildman–Crippen MR) is 164 cm³/mol. The Kier molecular flexibility index (Phi) is 10.7. The normalized spacial score (nSPS) is 10.7. The van der Waals surface area contributed by atoms with Gasteiger partial charge in [-0.2, -0.15) is 0 Å². The van der Waals surface area contributed by atoms with Gasteiger partial charge in [0.25, 0.3) is 0 Å². The molecule has 0 radical (unpaired) electrons. The van der Waals surface area contributed by atoms with E-state index in [4.69, 9.17) is 23.4 Å². The van der Waals surface area contributed by atoms with Crippen LogP contribution in [0, 0.1) is 0 Å². The second-order valence-corrected chi connectivity index (χ2v) is 12.3. The topological polar surface area (TPSA) is 80.3 Å². The Bertz CT molecular complexity index is 1330. The average Bonchev–Trinajstić information content (AvgIpc) is 3.05. The lowest BCUT2D eigenvalue weighted by atomic mass is 10.3. The SMILES string of the molecule is C=CC(=O)OCCOc1cc(OCCOC(=O)C=C)cc(O[Si](c2ccccc2)(c2ccccc2)c2ccccc2)c1. The van der Waals surface area contributed by atoms with Crippen LogP contribution in [0.25, 0.3) is 0 Å². The van der Waals surface area contributed by atoms with Crippen molar-refractivity contribution in [3.8, 4) is 17.2 Å². The van der Waals surface area contributed by atoms with Crippen LogP contribution in [0.3, 0.4) is 0 Å². The third-order valence-electron chi connectivity index (χ3n) is 6.19. The van der Waals surface area contributed by atoms with Crippen molar-refractivity contribution in [1.29, 1.82) is 0 Å². The van der Waals surface area contributed by atoms with E-state index in [9.17, 15) is 9.59 Å². The van der Waals surface area contributed by atoms with Gasteiger partial charge in [0.15, 0.2) is 0 Å². The van der Waals surface area contributed by atoms with E-state index >= 15 is 0 Å². The van der Waals surface area contributed by atoms with Crippen LogP contribution in [-0.4, -0.2) is 46.7 Å². The van der Waals surface area contributed by atoms with Crippen LogP contribution in [0.15, 0.2) is 135 Å². The van der Waals surface area contributed by atoms with E-state index in [-0.39, 0.29) is 26.4 Å². The van der Waals surface area contributed by atoms with Gasteiger partial charge in [-0.25, -0.2) is 9.59 Å². The lowest BCUT2D eigenvalue weighted by Crippen LogP contribution is -2.71. The summed E-state index contributed by atoms with van der Waals surface area (Å²) < 4.78 is 29.1. The van der Waals surface area contributed by atoms with E-state index in [1.165, 1.54) is 0 Å². The maximum Gasteiger partial charge on any atom is 0.346 e. The maximum absolute atomic E-state index is 11.4. The third-order valence-corrected chi connectivity index (χ3v) is 10.2. The molecule has 0 amide bonds. The maximum atomic E-state index is 11.4. The van der Waals surface area contributed by atoms with E-state index in [1.807, 2.05) is 54.6 Å². The van der Waals surface area contributed by atoms with Crippen molar-refractivity contribution in [2.45, 2.75) is 0 Å². The van der Waals surface area contributed by atoms with E-state index in [1.54, 1.807) is 18.2 Å². The number of ether oxygens (including phenoxy) is 4. The van der Waals surface area contributed by atoms with Crippen molar-refractivity contribution in [3.05, 3.63) is 135 Å². The van der Waals surface area contributed by atoms with Crippen LogP contribution in [0.4, 0.5) is 0 Å². The molecule has 0 heterocycles. The first-order valence-electron chi connectivity index (χ1n) is 13.4. The highest BCUT2D eigenvalue weighted by Crippen LogP contribution is 2.30. The van der Waals surface area contributed by atoms with Gasteiger partial charge in [0, 0.05) is 30.4 Å². The molecule has 8 heteroatoms. The summed E-state index contributed by atoms with van der Waals surface area (Å²) in [7, 11) is -3.10. The van der Waals surface area contributed by atoms with Crippen LogP contribution >= 0.6 is 0 Å². The van der Waals surface area contributed by atoms with Crippen LogP contribution in [0.1, 0.15) is 0 Å². The number of hydrogen-bond acceptors (Lipinski definition) is 7. The summed E-state index contributed by atoms with van der Waals surface area (Å²) in [6.45, 7) is 7.10. The fraction of sp³-hybridized carbons (Fsp3) is 0.118. The Labute approximate surface area is 246 Å². The number of esters is 2. The van der Waals surface area contributed by atoms with Gasteiger partial charge in [-0.05, 0) is 15.6 Å². The number of carbonyl (C=O) groups is 2. The van der Waals surface area contributed by atoms with E-state index in [0.717, 1.165) is 27.7 Å². The van der Waals surface area contributed by atoms with Gasteiger partial charge in [-0.1, -0.05) is 104 Å². The van der Waals surface area contributed by atoms with Crippen LogP contribution in [0.2, 0.25) is 0 Å². The first kappa shape index (κ1) is 29.9. The summed E-state index contributed by atoms with van der Waals surface area (Å²) in [5, 5.41) is 3.18. The highest BCUT2D eigenvalue weighted by Gasteiger charge is 2.44. The van der Waals surface area contributed by atoms with Crippen molar-refractivity contribution >= 4 is 35.8 Å². The smallest absolute Gasteiger partial charge is 0.346 e. The number of carbonyl (C=O) groups excluding carboxylic acids is 2. The monoisotopic (exact) mass is 580 g/mol. The molecule has 4 aromatic carbocycles. The minimum atomic E-state index is -3.10. The van der Waals surface area contributed by atoms with Crippen molar-refractivity contribution in [3.63, 3.8) is 0 Å². The molecule has 0 aliphatic heterocycles. The summed E-state index contributed by atoms with van der Waals surface area (Å²) in [6.07, 6.45) is 2.20. The Morgan fingerprint density at radius 2 is 0.905 bits per heavy atom. The molecule has 0 spiro atoms. The van der Waals surface area contributed by atoms with Crippen molar-refractivity contribution in [2.75, 3.05) is 26.4 Å². The molecule has 0 aliphatic carbocycles. The Hall–Kier alpha value is -5.08. The van der Waals surface area contributed by atoms with Crippen molar-refractivity contribution < 1.29 is 33.0 Å². The van der Waals surface area contributed by atoms with Crippen LogP contribution in [0.5, 0.6) is 17.2 Å². The highest BCUT2D eigenvalue weighted by atomic mass is 28.4. The van der Waals surface area contributed by atoms with E-state index in [0.29, 0.717) is 17.2 Å². The van der Waals surface area contributed by atoms with Crippen LogP contribution < -0.4 is 29.5 Å². The molecule has 0 saturated carbocycles. The molecular weight excluding hydrogens is 548 g/mol.